The van der Waals surface area contributed by atoms with Gasteiger partial charge < -0.3 is 30.6 Å². The van der Waals surface area contributed by atoms with Gasteiger partial charge in [0.1, 0.15) is 30.8 Å². The van der Waals surface area contributed by atoms with Gasteiger partial charge in [-0.25, -0.2) is 4.79 Å². The van der Waals surface area contributed by atoms with Gasteiger partial charge in [0, 0.05) is 54.1 Å². The minimum atomic E-state index is -1.14. The Morgan fingerprint density at radius 2 is 2.03 bits per heavy atom. The van der Waals surface area contributed by atoms with Gasteiger partial charge in [0.25, 0.3) is 11.8 Å². The highest BCUT2D eigenvalue weighted by atomic mass is 32.2. The Bertz CT molecular complexity index is 1140. The summed E-state index contributed by atoms with van der Waals surface area (Å²) in [6, 6.07) is -0.918. The number of fused-ring (bicyclic) bond motifs is 4. The number of nitrogen functional groups attached to an aromatic ring is 1. The average molecular weight is 539 g/mol. The van der Waals surface area contributed by atoms with Crippen molar-refractivity contribution < 1.29 is 33.9 Å². The van der Waals surface area contributed by atoms with Gasteiger partial charge in [-0.05, 0) is 0 Å². The van der Waals surface area contributed by atoms with Crippen molar-refractivity contribution in [2.45, 2.75) is 30.7 Å². The number of hydrogen-bond donors (Lipinski definition) is 4. The first-order chi connectivity index (χ1) is 17.2. The van der Waals surface area contributed by atoms with E-state index in [2.05, 4.69) is 19.8 Å². The molecule has 0 unspecified atom stereocenters. The van der Waals surface area contributed by atoms with E-state index in [4.69, 9.17) is 10.6 Å². The van der Waals surface area contributed by atoms with Crippen LogP contribution < -0.4 is 11.1 Å². The standard InChI is InChI=1S/C21H27N7O6S2/c1-34-25-12(15-24-20(22)36-26-15)16(30)23-13-17(31)27-14(19(32)33)11(9-35-18(13)27)8-28-5-2-21(10-29,3-6-28)4-7-28/h13,18,29H,2-10H2,1H3,(H3-,22,23,24,26,30,32,33)/p+1/t13-,18+,21?,28?/m1/s1. The van der Waals surface area contributed by atoms with Crippen LogP contribution in [0.3, 0.4) is 0 Å². The zero-order chi connectivity index (χ0) is 25.7. The summed E-state index contributed by atoms with van der Waals surface area (Å²) in [6.45, 7) is 3.47. The van der Waals surface area contributed by atoms with Crippen molar-refractivity contribution >= 4 is 51.9 Å². The van der Waals surface area contributed by atoms with Gasteiger partial charge in [0.05, 0.1) is 19.6 Å². The second-order valence-electron chi connectivity index (χ2n) is 9.78. The third kappa shape index (κ3) is 4.13. The van der Waals surface area contributed by atoms with Crippen LogP contribution in [0.2, 0.25) is 0 Å². The highest BCUT2D eigenvalue weighted by Crippen LogP contribution is 2.46. The number of oxime groups is 1. The van der Waals surface area contributed by atoms with Gasteiger partial charge in [0.15, 0.2) is 5.13 Å². The average Bonchev–Trinajstić information content (AvgIpc) is 3.31. The van der Waals surface area contributed by atoms with Crippen LogP contribution in [0.25, 0.3) is 0 Å². The number of β-lactam (4-membered cyclic amide) rings is 1. The third-order valence-electron chi connectivity index (χ3n) is 7.80. The van der Waals surface area contributed by atoms with Crippen molar-refractivity contribution in [3.8, 4) is 0 Å². The lowest BCUT2D eigenvalue weighted by Crippen LogP contribution is -2.71. The predicted molar refractivity (Wildman–Crippen MR) is 131 cm³/mol. The van der Waals surface area contributed by atoms with Crippen LogP contribution in [0.1, 0.15) is 25.1 Å². The number of anilines is 1. The zero-order valence-corrected chi connectivity index (χ0v) is 21.3. The SMILES string of the molecule is CON=C(C(=O)N[C@@H]1C(=O)N2C(C(=O)O)=C(C[N+]34CCC(CO)(CC3)CC4)CS[C@@H]12)c1nsc(N)n1. The van der Waals surface area contributed by atoms with Gasteiger partial charge in [-0.2, -0.15) is 9.36 Å². The number of aliphatic hydroxyl groups excluding tert-OH is 1. The highest BCUT2D eigenvalue weighted by Gasteiger charge is 2.56. The molecule has 4 fully saturated rings. The normalized spacial score (nSPS) is 31.7. The summed E-state index contributed by atoms with van der Waals surface area (Å²) in [4.78, 5) is 48.2. The molecule has 2 atom stereocenters. The molecule has 0 spiro atoms. The number of carboxylic acid groups (broad SMARTS) is 1. The van der Waals surface area contributed by atoms with E-state index < -0.39 is 29.2 Å². The van der Waals surface area contributed by atoms with E-state index in [9.17, 15) is 24.6 Å². The largest absolute Gasteiger partial charge is 0.477 e. The third-order valence-corrected chi connectivity index (χ3v) is 9.68. The van der Waals surface area contributed by atoms with Gasteiger partial charge in [0.2, 0.25) is 11.5 Å². The van der Waals surface area contributed by atoms with Crippen LogP contribution in [0.4, 0.5) is 5.13 Å². The summed E-state index contributed by atoms with van der Waals surface area (Å²) >= 11 is 2.33. The topological polar surface area (TPSA) is 180 Å². The maximum atomic E-state index is 13.1. The van der Waals surface area contributed by atoms with E-state index in [0.29, 0.717) is 12.3 Å². The Morgan fingerprint density at radius 1 is 1.33 bits per heavy atom. The van der Waals surface area contributed by atoms with Crippen LogP contribution in [-0.4, -0.2) is 110 Å². The second kappa shape index (κ2) is 9.28. The van der Waals surface area contributed by atoms with Crippen LogP contribution in [-0.2, 0) is 19.2 Å². The van der Waals surface area contributed by atoms with E-state index >= 15 is 0 Å². The predicted octanol–water partition coefficient (Wildman–Crippen LogP) is -0.798. The Balaban J connectivity index is 1.32. The fraction of sp³-hybridized carbons (Fsp3) is 0.619. The smallest absolute Gasteiger partial charge is 0.352 e. The molecular formula is C21H28N7O6S2+. The molecule has 5 aliphatic heterocycles. The number of quaternary nitrogens is 1. The van der Waals surface area contributed by atoms with Crippen molar-refractivity contribution in [1.82, 2.24) is 19.6 Å². The van der Waals surface area contributed by atoms with Crippen LogP contribution in [0, 0.1) is 5.41 Å². The zero-order valence-electron chi connectivity index (χ0n) is 19.7. The minimum Gasteiger partial charge on any atom is -0.477 e. The molecule has 5 N–H and O–H groups in total. The lowest BCUT2D eigenvalue weighted by molar-refractivity contribution is -0.941. The first kappa shape index (κ1) is 24.9. The number of aromatic nitrogens is 2. The van der Waals surface area contributed by atoms with Crippen LogP contribution in [0.5, 0.6) is 0 Å². The number of amides is 2. The molecule has 194 valence electrons. The van der Waals surface area contributed by atoms with Crippen LogP contribution in [0.15, 0.2) is 16.4 Å². The Hall–Kier alpha value is -2.75. The minimum absolute atomic E-state index is 0.0139. The van der Waals surface area contributed by atoms with E-state index in [0.717, 1.165) is 60.5 Å². The van der Waals surface area contributed by atoms with Gasteiger partial charge in [-0.15, -0.1) is 11.8 Å². The molecule has 2 amide bonds. The fourth-order valence-electron chi connectivity index (χ4n) is 5.63. The Kier molecular flexibility index (Phi) is 6.43. The Labute approximate surface area is 215 Å². The number of hydrogen-bond acceptors (Lipinski definition) is 11. The van der Waals surface area contributed by atoms with Crippen molar-refractivity contribution in [3.05, 3.63) is 17.1 Å². The number of carbonyl (C=O) groups excluding carboxylic acids is 2. The lowest BCUT2D eigenvalue weighted by Gasteiger charge is -2.55. The molecule has 6 heterocycles. The summed E-state index contributed by atoms with van der Waals surface area (Å²) in [6.07, 6.45) is 2.78. The van der Waals surface area contributed by atoms with Gasteiger partial charge in [-0.3, -0.25) is 14.5 Å². The van der Waals surface area contributed by atoms with Crippen LogP contribution >= 0.6 is 23.3 Å². The molecule has 0 saturated carbocycles. The summed E-state index contributed by atoms with van der Waals surface area (Å²) in [5.41, 5.74) is 6.15. The number of aliphatic carboxylic acids is 1. The van der Waals surface area contributed by atoms with E-state index in [1.165, 1.54) is 23.8 Å². The fourth-order valence-corrected chi connectivity index (χ4v) is 7.40. The number of nitrogens with two attached hydrogens (primary N) is 1. The molecule has 0 aliphatic carbocycles. The number of nitrogens with one attached hydrogen (secondary N) is 1. The van der Waals surface area contributed by atoms with E-state index in [1.807, 2.05) is 0 Å². The number of piperidine rings is 3. The van der Waals surface area contributed by atoms with Crippen molar-refractivity contribution in [1.29, 1.82) is 0 Å². The molecule has 1 aromatic rings. The summed E-state index contributed by atoms with van der Waals surface area (Å²) in [5, 5.41) is 25.8. The highest BCUT2D eigenvalue weighted by molar-refractivity contribution is 8.00. The molecule has 13 nitrogen and oxygen atoms in total. The number of rotatable bonds is 8. The number of nitrogens with zero attached hydrogens (tertiary/aromatic N) is 5. The van der Waals surface area contributed by atoms with Crippen molar-refractivity contribution in [2.24, 2.45) is 10.6 Å². The van der Waals surface area contributed by atoms with Crippen molar-refractivity contribution in [3.63, 3.8) is 0 Å². The number of carboxylic acids is 1. The molecule has 2 bridgehead atoms. The molecule has 1 aromatic heterocycles. The molecule has 0 radical (unpaired) electrons. The number of carbonyl (C=O) groups is 3. The van der Waals surface area contributed by atoms with Crippen molar-refractivity contribution in [2.75, 3.05) is 51.4 Å². The Morgan fingerprint density at radius 3 is 2.58 bits per heavy atom. The first-order valence-corrected chi connectivity index (χ1v) is 13.4. The summed E-state index contributed by atoms with van der Waals surface area (Å²) in [5.74, 6) is -1.92. The lowest BCUT2D eigenvalue weighted by atomic mass is 9.71. The second-order valence-corrected chi connectivity index (χ2v) is 11.7. The molecule has 5 aliphatic rings. The monoisotopic (exact) mass is 538 g/mol. The molecule has 0 aromatic carbocycles. The molecule has 6 rings (SSSR count). The quantitative estimate of drug-likeness (QED) is 0.142. The molecule has 15 heteroatoms. The van der Waals surface area contributed by atoms with Gasteiger partial charge in [-0.1, -0.05) is 5.16 Å². The maximum absolute atomic E-state index is 13.1. The maximum Gasteiger partial charge on any atom is 0.352 e. The summed E-state index contributed by atoms with van der Waals surface area (Å²) < 4.78 is 4.76. The molecule has 4 saturated heterocycles. The molecular weight excluding hydrogens is 510 g/mol. The summed E-state index contributed by atoms with van der Waals surface area (Å²) in [7, 11) is 1.27. The van der Waals surface area contributed by atoms with E-state index in [-0.39, 0.29) is 34.4 Å². The van der Waals surface area contributed by atoms with E-state index in [1.54, 1.807) is 0 Å². The first-order valence-electron chi connectivity index (χ1n) is 11.6. The number of aliphatic hydroxyl groups is 1. The van der Waals surface area contributed by atoms with Gasteiger partial charge >= 0.3 is 5.97 Å². The number of thioether (sulfide) groups is 1. The molecule has 36 heavy (non-hydrogen) atoms.